The number of hydrogen-bond donors (Lipinski definition) is 1. The number of thiazole rings is 1. The Balaban J connectivity index is 2.17. The fourth-order valence-electron chi connectivity index (χ4n) is 1.79. The number of rotatable bonds is 2. The van der Waals surface area contributed by atoms with Gasteiger partial charge < -0.3 is 10.5 Å². The zero-order valence-corrected chi connectivity index (χ0v) is 9.27. The SMILES string of the molecule is CCc1nc(C2CCCOC2)c(N)s1. The number of hydrogen-bond acceptors (Lipinski definition) is 4. The molecule has 1 aromatic rings. The molecule has 0 aromatic carbocycles. The summed E-state index contributed by atoms with van der Waals surface area (Å²) in [5, 5.41) is 2.03. The molecule has 1 aromatic heterocycles. The van der Waals surface area contributed by atoms with Crippen LogP contribution in [0.4, 0.5) is 5.00 Å². The second-order valence-corrected chi connectivity index (χ2v) is 4.74. The van der Waals surface area contributed by atoms with Crippen LogP contribution in [-0.2, 0) is 11.2 Å². The molecule has 0 aliphatic carbocycles. The first-order valence-corrected chi connectivity index (χ1v) is 5.95. The quantitative estimate of drug-likeness (QED) is 0.817. The second-order valence-electron chi connectivity index (χ2n) is 3.62. The Morgan fingerprint density at radius 1 is 1.64 bits per heavy atom. The Kier molecular flexibility index (Phi) is 3.03. The van der Waals surface area contributed by atoms with Crippen molar-refractivity contribution in [2.24, 2.45) is 0 Å². The third-order valence-corrected chi connectivity index (χ3v) is 3.62. The monoisotopic (exact) mass is 212 g/mol. The summed E-state index contributed by atoms with van der Waals surface area (Å²) in [6, 6.07) is 0. The van der Waals surface area contributed by atoms with Crippen LogP contribution in [0.2, 0.25) is 0 Å². The summed E-state index contributed by atoms with van der Waals surface area (Å²) >= 11 is 1.62. The zero-order chi connectivity index (χ0) is 9.97. The van der Waals surface area contributed by atoms with Crippen LogP contribution in [0.5, 0.6) is 0 Å². The summed E-state index contributed by atoms with van der Waals surface area (Å²) in [6.45, 7) is 3.79. The molecule has 2 heterocycles. The Hall–Kier alpha value is -0.610. The highest BCUT2D eigenvalue weighted by Crippen LogP contribution is 2.32. The maximum atomic E-state index is 5.95. The van der Waals surface area contributed by atoms with Crippen LogP contribution in [0.15, 0.2) is 0 Å². The lowest BCUT2D eigenvalue weighted by atomic mass is 9.99. The normalized spacial score (nSPS) is 22.5. The van der Waals surface area contributed by atoms with E-state index in [0.29, 0.717) is 5.92 Å². The average Bonchev–Trinajstić information content (AvgIpc) is 2.61. The molecular formula is C10H16N2OS. The molecule has 1 saturated heterocycles. The van der Waals surface area contributed by atoms with E-state index in [0.717, 1.165) is 48.2 Å². The van der Waals surface area contributed by atoms with Crippen LogP contribution in [0.25, 0.3) is 0 Å². The summed E-state index contributed by atoms with van der Waals surface area (Å²) in [7, 11) is 0. The van der Waals surface area contributed by atoms with E-state index >= 15 is 0 Å². The van der Waals surface area contributed by atoms with Crippen molar-refractivity contribution in [2.75, 3.05) is 18.9 Å². The van der Waals surface area contributed by atoms with E-state index in [1.807, 2.05) is 0 Å². The van der Waals surface area contributed by atoms with Crippen molar-refractivity contribution in [2.45, 2.75) is 32.1 Å². The lowest BCUT2D eigenvalue weighted by Crippen LogP contribution is -2.16. The van der Waals surface area contributed by atoms with Gasteiger partial charge in [0.25, 0.3) is 0 Å². The van der Waals surface area contributed by atoms with Gasteiger partial charge in [-0.2, -0.15) is 0 Å². The van der Waals surface area contributed by atoms with Crippen molar-refractivity contribution in [3.05, 3.63) is 10.7 Å². The van der Waals surface area contributed by atoms with E-state index in [1.54, 1.807) is 11.3 Å². The van der Waals surface area contributed by atoms with E-state index in [4.69, 9.17) is 10.5 Å². The highest BCUT2D eigenvalue weighted by atomic mass is 32.1. The highest BCUT2D eigenvalue weighted by Gasteiger charge is 2.21. The minimum atomic E-state index is 0.431. The van der Waals surface area contributed by atoms with E-state index in [2.05, 4.69) is 11.9 Å². The van der Waals surface area contributed by atoms with Gasteiger partial charge in [0.05, 0.1) is 17.3 Å². The summed E-state index contributed by atoms with van der Waals surface area (Å²) in [5.41, 5.74) is 7.02. The Morgan fingerprint density at radius 2 is 2.50 bits per heavy atom. The minimum absolute atomic E-state index is 0.431. The summed E-state index contributed by atoms with van der Waals surface area (Å²) < 4.78 is 5.44. The van der Waals surface area contributed by atoms with Crippen molar-refractivity contribution in [1.82, 2.24) is 4.98 Å². The fraction of sp³-hybridized carbons (Fsp3) is 0.700. The number of anilines is 1. The first-order chi connectivity index (χ1) is 6.81. The van der Waals surface area contributed by atoms with E-state index in [9.17, 15) is 0 Å². The fourth-order valence-corrected chi connectivity index (χ4v) is 2.65. The predicted molar refractivity (Wildman–Crippen MR) is 58.7 cm³/mol. The Bertz CT molecular complexity index is 305. The molecular weight excluding hydrogens is 196 g/mol. The van der Waals surface area contributed by atoms with Gasteiger partial charge in [-0.25, -0.2) is 4.98 Å². The standard InChI is InChI=1S/C10H16N2OS/c1-2-8-12-9(10(11)14-8)7-4-3-5-13-6-7/h7H,2-6,11H2,1H3. The summed E-state index contributed by atoms with van der Waals surface area (Å²) in [5.74, 6) is 0.431. The number of nitrogens with zero attached hydrogens (tertiary/aromatic N) is 1. The molecule has 0 spiro atoms. The highest BCUT2D eigenvalue weighted by molar-refractivity contribution is 7.15. The van der Waals surface area contributed by atoms with Crippen molar-refractivity contribution >= 4 is 16.3 Å². The van der Waals surface area contributed by atoms with Gasteiger partial charge in [-0.05, 0) is 19.3 Å². The van der Waals surface area contributed by atoms with Gasteiger partial charge >= 0.3 is 0 Å². The molecule has 3 nitrogen and oxygen atoms in total. The van der Waals surface area contributed by atoms with Gasteiger partial charge in [0.15, 0.2) is 0 Å². The lowest BCUT2D eigenvalue weighted by Gasteiger charge is -2.20. The number of aromatic nitrogens is 1. The third-order valence-electron chi connectivity index (χ3n) is 2.57. The molecule has 0 radical (unpaired) electrons. The van der Waals surface area contributed by atoms with Gasteiger partial charge in [0.1, 0.15) is 5.00 Å². The largest absolute Gasteiger partial charge is 0.389 e. The van der Waals surface area contributed by atoms with Gasteiger partial charge in [0, 0.05) is 12.5 Å². The molecule has 1 atom stereocenters. The van der Waals surface area contributed by atoms with Crippen LogP contribution in [0.1, 0.15) is 36.4 Å². The molecule has 78 valence electrons. The van der Waals surface area contributed by atoms with Crippen LogP contribution >= 0.6 is 11.3 Å². The topological polar surface area (TPSA) is 48.1 Å². The second kappa shape index (κ2) is 4.28. The minimum Gasteiger partial charge on any atom is -0.389 e. The zero-order valence-electron chi connectivity index (χ0n) is 8.45. The molecule has 1 unspecified atom stereocenters. The maximum Gasteiger partial charge on any atom is 0.110 e. The predicted octanol–water partition coefficient (Wildman–Crippen LogP) is 2.18. The maximum absolute atomic E-state index is 5.95. The summed E-state index contributed by atoms with van der Waals surface area (Å²) in [4.78, 5) is 4.57. The molecule has 0 saturated carbocycles. The van der Waals surface area contributed by atoms with E-state index in [1.165, 1.54) is 0 Å². The first kappa shape index (κ1) is 9.93. The van der Waals surface area contributed by atoms with Gasteiger partial charge in [0.2, 0.25) is 0 Å². The first-order valence-electron chi connectivity index (χ1n) is 5.14. The smallest absolute Gasteiger partial charge is 0.110 e. The molecule has 0 amide bonds. The molecule has 1 aliphatic heterocycles. The Morgan fingerprint density at radius 3 is 3.07 bits per heavy atom. The average molecular weight is 212 g/mol. The van der Waals surface area contributed by atoms with E-state index < -0.39 is 0 Å². The molecule has 2 N–H and O–H groups in total. The molecule has 4 heteroatoms. The number of nitrogens with two attached hydrogens (primary N) is 1. The van der Waals surface area contributed by atoms with Crippen LogP contribution in [0, 0.1) is 0 Å². The molecule has 1 fully saturated rings. The lowest BCUT2D eigenvalue weighted by molar-refractivity contribution is 0.0796. The summed E-state index contributed by atoms with van der Waals surface area (Å²) in [6.07, 6.45) is 3.27. The van der Waals surface area contributed by atoms with Crippen molar-refractivity contribution < 1.29 is 4.74 Å². The Labute approximate surface area is 88.3 Å². The third kappa shape index (κ3) is 1.91. The van der Waals surface area contributed by atoms with E-state index in [-0.39, 0.29) is 0 Å². The molecule has 1 aliphatic rings. The van der Waals surface area contributed by atoms with Crippen LogP contribution < -0.4 is 5.73 Å². The van der Waals surface area contributed by atoms with Crippen LogP contribution in [-0.4, -0.2) is 18.2 Å². The van der Waals surface area contributed by atoms with Crippen LogP contribution in [0.3, 0.4) is 0 Å². The number of aryl methyl sites for hydroxylation is 1. The number of nitrogen functional groups attached to an aromatic ring is 1. The van der Waals surface area contributed by atoms with Gasteiger partial charge in [-0.1, -0.05) is 6.92 Å². The van der Waals surface area contributed by atoms with Crippen molar-refractivity contribution in [3.63, 3.8) is 0 Å². The molecule has 0 bridgehead atoms. The number of ether oxygens (including phenoxy) is 1. The van der Waals surface area contributed by atoms with Gasteiger partial charge in [-0.15, -0.1) is 11.3 Å². The van der Waals surface area contributed by atoms with Gasteiger partial charge in [-0.3, -0.25) is 0 Å². The molecule has 14 heavy (non-hydrogen) atoms. The molecule has 2 rings (SSSR count). The van der Waals surface area contributed by atoms with Crippen molar-refractivity contribution in [1.29, 1.82) is 0 Å². The van der Waals surface area contributed by atoms with Crippen molar-refractivity contribution in [3.8, 4) is 0 Å².